The number of benzene rings is 2. The Hall–Kier alpha value is -3.34. The molecule has 0 atom stereocenters. The topological polar surface area (TPSA) is 63.2 Å². The number of nitrogens with zero attached hydrogens (tertiary/aromatic N) is 1. The maximum Gasteiger partial charge on any atom is 0.260 e. The van der Waals surface area contributed by atoms with Crippen molar-refractivity contribution in [2.75, 3.05) is 24.3 Å². The number of hydrogen-bond donors (Lipinski definition) is 2. The summed E-state index contributed by atoms with van der Waals surface area (Å²) < 4.78 is 5.21. The van der Waals surface area contributed by atoms with Crippen molar-refractivity contribution in [1.82, 2.24) is 4.98 Å². The van der Waals surface area contributed by atoms with Gasteiger partial charge in [0.2, 0.25) is 0 Å². The third-order valence-electron chi connectivity index (χ3n) is 3.94. The van der Waals surface area contributed by atoms with Gasteiger partial charge in [0, 0.05) is 6.54 Å². The minimum Gasteiger partial charge on any atom is -0.496 e. The van der Waals surface area contributed by atoms with Crippen LogP contribution in [0.25, 0.3) is 0 Å². The number of nitrogens with one attached hydrogen (secondary N) is 2. The molecule has 0 bridgehead atoms. The molecule has 1 heterocycles. The molecular weight excluding hydrogens is 326 g/mol. The van der Waals surface area contributed by atoms with Gasteiger partial charge in [0.1, 0.15) is 11.6 Å². The van der Waals surface area contributed by atoms with E-state index in [9.17, 15) is 4.79 Å². The third-order valence-corrected chi connectivity index (χ3v) is 3.94. The highest BCUT2D eigenvalue weighted by Gasteiger charge is 2.11. The van der Waals surface area contributed by atoms with Crippen molar-refractivity contribution in [3.63, 3.8) is 0 Å². The monoisotopic (exact) mass is 347 g/mol. The lowest BCUT2D eigenvalue weighted by molar-refractivity contribution is 0.102. The van der Waals surface area contributed by atoms with Crippen molar-refractivity contribution in [3.8, 4) is 5.75 Å². The summed E-state index contributed by atoms with van der Waals surface area (Å²) in [6.07, 6.45) is 2.65. The van der Waals surface area contributed by atoms with Crippen molar-refractivity contribution in [3.05, 3.63) is 84.1 Å². The van der Waals surface area contributed by atoms with E-state index in [2.05, 4.69) is 27.8 Å². The highest BCUT2D eigenvalue weighted by atomic mass is 16.5. The van der Waals surface area contributed by atoms with Crippen molar-refractivity contribution in [1.29, 1.82) is 0 Å². The van der Waals surface area contributed by atoms with Crippen LogP contribution in [-0.4, -0.2) is 24.5 Å². The second-order valence-corrected chi connectivity index (χ2v) is 5.75. The number of para-hydroxylation sites is 1. The minimum absolute atomic E-state index is 0.250. The number of rotatable bonds is 7. The maximum atomic E-state index is 12.4. The van der Waals surface area contributed by atoms with Crippen molar-refractivity contribution >= 4 is 17.4 Å². The Labute approximate surface area is 153 Å². The summed E-state index contributed by atoms with van der Waals surface area (Å²) in [6, 6.07) is 21.1. The Morgan fingerprint density at radius 1 is 1.00 bits per heavy atom. The molecule has 5 heteroatoms. The standard InChI is InChI=1S/C21H21N3O2/c1-26-19-10-6-5-9-18(19)21(25)24-20-12-11-17(15-23-20)22-14-13-16-7-3-2-4-8-16/h2-12,15,22H,13-14H2,1H3,(H,23,24,25). The summed E-state index contributed by atoms with van der Waals surface area (Å²) in [5, 5.41) is 6.11. The Balaban J connectivity index is 1.55. The van der Waals surface area contributed by atoms with Gasteiger partial charge in [-0.2, -0.15) is 0 Å². The van der Waals surface area contributed by atoms with E-state index in [1.54, 1.807) is 37.6 Å². The lowest BCUT2D eigenvalue weighted by Gasteiger charge is -2.10. The molecule has 5 nitrogen and oxygen atoms in total. The van der Waals surface area contributed by atoms with E-state index in [1.807, 2.05) is 30.3 Å². The first kappa shape index (κ1) is 17.5. The normalized spacial score (nSPS) is 10.2. The lowest BCUT2D eigenvalue weighted by atomic mass is 10.1. The highest BCUT2D eigenvalue weighted by molar-refractivity contribution is 6.05. The zero-order chi connectivity index (χ0) is 18.2. The van der Waals surface area contributed by atoms with Crippen LogP contribution >= 0.6 is 0 Å². The van der Waals surface area contributed by atoms with Gasteiger partial charge in [0.05, 0.1) is 24.6 Å². The van der Waals surface area contributed by atoms with Crippen molar-refractivity contribution in [2.45, 2.75) is 6.42 Å². The summed E-state index contributed by atoms with van der Waals surface area (Å²) in [6.45, 7) is 0.818. The summed E-state index contributed by atoms with van der Waals surface area (Å²) in [5.74, 6) is 0.776. The molecule has 2 aromatic carbocycles. The number of aromatic nitrogens is 1. The molecule has 0 aliphatic heterocycles. The first-order valence-corrected chi connectivity index (χ1v) is 8.44. The smallest absolute Gasteiger partial charge is 0.260 e. The predicted molar refractivity (Wildman–Crippen MR) is 104 cm³/mol. The molecule has 2 N–H and O–H groups in total. The van der Waals surface area contributed by atoms with Crippen LogP contribution in [0.4, 0.5) is 11.5 Å². The second kappa shape index (κ2) is 8.67. The number of methoxy groups -OCH3 is 1. The number of carbonyl (C=O) groups is 1. The van der Waals surface area contributed by atoms with E-state index in [1.165, 1.54) is 5.56 Å². The summed E-state index contributed by atoms with van der Waals surface area (Å²) in [4.78, 5) is 16.7. The average Bonchev–Trinajstić information content (AvgIpc) is 2.70. The summed E-state index contributed by atoms with van der Waals surface area (Å²) >= 11 is 0. The van der Waals surface area contributed by atoms with Crippen LogP contribution in [0.1, 0.15) is 15.9 Å². The molecule has 1 amide bonds. The molecule has 0 saturated heterocycles. The zero-order valence-electron chi connectivity index (χ0n) is 14.6. The van der Waals surface area contributed by atoms with Crippen LogP contribution in [0, 0.1) is 0 Å². The first-order valence-electron chi connectivity index (χ1n) is 8.44. The number of pyridine rings is 1. The van der Waals surface area contributed by atoms with E-state index in [0.29, 0.717) is 17.1 Å². The summed E-state index contributed by atoms with van der Waals surface area (Å²) in [7, 11) is 1.54. The van der Waals surface area contributed by atoms with Gasteiger partial charge in [-0.1, -0.05) is 42.5 Å². The molecule has 0 radical (unpaired) electrons. The Morgan fingerprint density at radius 3 is 2.50 bits per heavy atom. The van der Waals surface area contributed by atoms with Crippen LogP contribution in [0.5, 0.6) is 5.75 Å². The van der Waals surface area contributed by atoms with Gasteiger partial charge in [-0.15, -0.1) is 0 Å². The number of carbonyl (C=O) groups excluding carboxylic acids is 1. The lowest BCUT2D eigenvalue weighted by Crippen LogP contribution is -2.14. The maximum absolute atomic E-state index is 12.4. The van der Waals surface area contributed by atoms with Gasteiger partial charge < -0.3 is 15.4 Å². The number of anilines is 2. The van der Waals surface area contributed by atoms with Crippen LogP contribution in [0.2, 0.25) is 0 Å². The minimum atomic E-state index is -0.250. The molecule has 0 spiro atoms. The molecule has 3 rings (SSSR count). The zero-order valence-corrected chi connectivity index (χ0v) is 14.6. The molecule has 0 aliphatic carbocycles. The molecule has 26 heavy (non-hydrogen) atoms. The van der Waals surface area contributed by atoms with Crippen LogP contribution in [-0.2, 0) is 6.42 Å². The molecule has 0 unspecified atom stereocenters. The van der Waals surface area contributed by atoms with Crippen LogP contribution in [0.15, 0.2) is 72.9 Å². The van der Waals surface area contributed by atoms with E-state index in [-0.39, 0.29) is 5.91 Å². The molecule has 1 aromatic heterocycles. The molecule has 132 valence electrons. The molecule has 0 saturated carbocycles. The van der Waals surface area contributed by atoms with E-state index >= 15 is 0 Å². The van der Waals surface area contributed by atoms with E-state index in [0.717, 1.165) is 18.7 Å². The number of amides is 1. The Kier molecular flexibility index (Phi) is 5.83. The van der Waals surface area contributed by atoms with E-state index in [4.69, 9.17) is 4.74 Å². The highest BCUT2D eigenvalue weighted by Crippen LogP contribution is 2.19. The number of hydrogen-bond acceptors (Lipinski definition) is 4. The first-order chi connectivity index (χ1) is 12.8. The quantitative estimate of drug-likeness (QED) is 0.678. The Morgan fingerprint density at radius 2 is 1.77 bits per heavy atom. The molecule has 3 aromatic rings. The fourth-order valence-corrected chi connectivity index (χ4v) is 2.58. The van der Waals surface area contributed by atoms with Gasteiger partial charge in [0.15, 0.2) is 0 Å². The van der Waals surface area contributed by atoms with Gasteiger partial charge in [-0.3, -0.25) is 4.79 Å². The SMILES string of the molecule is COc1ccccc1C(=O)Nc1ccc(NCCc2ccccc2)cn1. The predicted octanol–water partition coefficient (Wildman–Crippen LogP) is 4.00. The molecule has 0 aliphatic rings. The van der Waals surface area contributed by atoms with Crippen LogP contribution < -0.4 is 15.4 Å². The molecule has 0 fully saturated rings. The number of ether oxygens (including phenoxy) is 1. The molecular formula is C21H21N3O2. The van der Waals surface area contributed by atoms with Crippen LogP contribution in [0.3, 0.4) is 0 Å². The van der Waals surface area contributed by atoms with Gasteiger partial charge >= 0.3 is 0 Å². The van der Waals surface area contributed by atoms with Gasteiger partial charge in [0.25, 0.3) is 5.91 Å². The van der Waals surface area contributed by atoms with Gasteiger partial charge in [-0.25, -0.2) is 4.98 Å². The second-order valence-electron chi connectivity index (χ2n) is 5.75. The Bertz CT molecular complexity index is 849. The van der Waals surface area contributed by atoms with Gasteiger partial charge in [-0.05, 0) is 36.2 Å². The fraction of sp³-hybridized carbons (Fsp3) is 0.143. The van der Waals surface area contributed by atoms with Crippen molar-refractivity contribution < 1.29 is 9.53 Å². The van der Waals surface area contributed by atoms with E-state index < -0.39 is 0 Å². The largest absolute Gasteiger partial charge is 0.496 e. The average molecular weight is 347 g/mol. The van der Waals surface area contributed by atoms with Crippen molar-refractivity contribution in [2.24, 2.45) is 0 Å². The summed E-state index contributed by atoms with van der Waals surface area (Å²) in [5.41, 5.74) is 2.67. The third kappa shape index (κ3) is 4.60. The fourth-order valence-electron chi connectivity index (χ4n) is 2.58.